The number of aliphatic hydroxyl groups excluding tert-OH is 1. The van der Waals surface area contributed by atoms with Crippen LogP contribution in [0.3, 0.4) is 0 Å². The van der Waals surface area contributed by atoms with Gasteiger partial charge in [0.15, 0.2) is 23.1 Å². The highest BCUT2D eigenvalue weighted by molar-refractivity contribution is 5.87. The number of H-pyrrole nitrogens is 1. The summed E-state index contributed by atoms with van der Waals surface area (Å²) in [5.74, 6) is 0.369. The Hall–Kier alpha value is -4.25. The van der Waals surface area contributed by atoms with E-state index in [0.717, 1.165) is 17.5 Å². The van der Waals surface area contributed by atoms with Crippen LogP contribution < -0.4 is 9.47 Å². The third kappa shape index (κ3) is 6.14. The number of imidazole rings is 1. The van der Waals surface area contributed by atoms with Crippen molar-refractivity contribution in [2.45, 2.75) is 20.3 Å². The van der Waals surface area contributed by atoms with Gasteiger partial charge in [-0.25, -0.2) is 9.78 Å². The van der Waals surface area contributed by atoms with Gasteiger partial charge in [-0.1, -0.05) is 25.1 Å². The minimum Gasteiger partial charge on any atom is -0.507 e. The number of carbonyl (C=O) groups excluding carboxylic acids is 1. The molecule has 3 aromatic rings. The number of benzene rings is 2. The fraction of sp³-hybridized carbons (Fsp3) is 0.240. The van der Waals surface area contributed by atoms with Gasteiger partial charge >= 0.3 is 5.97 Å². The van der Waals surface area contributed by atoms with E-state index >= 15 is 0 Å². The number of nitrogens with zero attached hydrogens (tertiary/aromatic N) is 2. The summed E-state index contributed by atoms with van der Waals surface area (Å²) < 4.78 is 16.4. The average Bonchev–Trinajstić information content (AvgIpc) is 3.25. The van der Waals surface area contributed by atoms with Gasteiger partial charge in [0.1, 0.15) is 18.2 Å². The number of carbonyl (C=O) groups is 1. The summed E-state index contributed by atoms with van der Waals surface area (Å²) in [6.45, 7) is 4.50. The number of nitriles is 1. The van der Waals surface area contributed by atoms with E-state index in [0.29, 0.717) is 30.2 Å². The zero-order valence-corrected chi connectivity index (χ0v) is 18.5. The van der Waals surface area contributed by atoms with Crippen LogP contribution >= 0.6 is 0 Å². The highest BCUT2D eigenvalue weighted by atomic mass is 16.5. The first kappa shape index (κ1) is 23.4. The quantitative estimate of drug-likeness (QED) is 0.198. The molecule has 0 saturated carbocycles. The minimum atomic E-state index is -0.673. The summed E-state index contributed by atoms with van der Waals surface area (Å²) in [6, 6.07) is 14.5. The fourth-order valence-electron chi connectivity index (χ4n) is 2.98. The van der Waals surface area contributed by atoms with Crippen molar-refractivity contribution in [3.8, 4) is 17.6 Å². The molecule has 3 rings (SSSR count). The number of hydrogen-bond acceptors (Lipinski definition) is 7. The molecule has 2 N–H and O–H groups in total. The Balaban J connectivity index is 1.66. The smallest absolute Gasteiger partial charge is 0.331 e. The van der Waals surface area contributed by atoms with Crippen LogP contribution in [-0.4, -0.2) is 40.9 Å². The largest absolute Gasteiger partial charge is 0.507 e. The molecule has 170 valence electrons. The predicted octanol–water partition coefficient (Wildman–Crippen LogP) is 4.80. The average molecular weight is 447 g/mol. The van der Waals surface area contributed by atoms with Gasteiger partial charge in [0.25, 0.3) is 0 Å². The van der Waals surface area contributed by atoms with Gasteiger partial charge in [0.2, 0.25) is 0 Å². The Morgan fingerprint density at radius 1 is 1.18 bits per heavy atom. The van der Waals surface area contributed by atoms with Crippen LogP contribution in [0.1, 0.15) is 31.7 Å². The molecular formula is C25H25N3O5. The molecule has 0 aliphatic rings. The van der Waals surface area contributed by atoms with Gasteiger partial charge in [-0.15, -0.1) is 0 Å². The predicted molar refractivity (Wildman–Crippen MR) is 125 cm³/mol. The molecule has 8 heteroatoms. The summed E-state index contributed by atoms with van der Waals surface area (Å²) >= 11 is 0. The number of hydrogen-bond donors (Lipinski definition) is 2. The van der Waals surface area contributed by atoms with Crippen LogP contribution in [0.15, 0.2) is 54.3 Å². The van der Waals surface area contributed by atoms with E-state index < -0.39 is 18.3 Å². The third-order valence-corrected chi connectivity index (χ3v) is 4.52. The second kappa shape index (κ2) is 11.4. The molecule has 0 bridgehead atoms. The highest BCUT2D eigenvalue weighted by Gasteiger charge is 2.14. The van der Waals surface area contributed by atoms with Gasteiger partial charge in [-0.3, -0.25) is 0 Å². The number of ether oxygens (including phenoxy) is 3. The number of esters is 1. The molecular weight excluding hydrogens is 422 g/mol. The van der Waals surface area contributed by atoms with Crippen LogP contribution in [0.2, 0.25) is 0 Å². The summed E-state index contributed by atoms with van der Waals surface area (Å²) in [4.78, 5) is 19.4. The normalized spacial score (nSPS) is 11.8. The molecule has 0 atom stereocenters. The maximum atomic E-state index is 12.1. The van der Waals surface area contributed by atoms with Gasteiger partial charge in [-0.05, 0) is 49.2 Å². The minimum absolute atomic E-state index is 0.0907. The molecule has 0 fully saturated rings. The maximum absolute atomic E-state index is 12.1. The SMILES string of the molecule is CCCOc1ccc(C=CC(=O)OCC(O)=C(C#N)c2nc3ccccc3[nH]2)cc1OCC. The monoisotopic (exact) mass is 447 g/mol. The molecule has 0 amide bonds. The summed E-state index contributed by atoms with van der Waals surface area (Å²) in [7, 11) is 0. The Bertz CT molecular complexity index is 1190. The summed E-state index contributed by atoms with van der Waals surface area (Å²) in [6.07, 6.45) is 3.68. The molecule has 0 aliphatic carbocycles. The molecule has 0 aliphatic heterocycles. The Labute approximate surface area is 191 Å². The number of rotatable bonds is 10. The van der Waals surface area contributed by atoms with E-state index in [-0.39, 0.29) is 11.4 Å². The van der Waals surface area contributed by atoms with Crippen LogP contribution in [0.4, 0.5) is 0 Å². The first-order valence-corrected chi connectivity index (χ1v) is 10.6. The topological polar surface area (TPSA) is 117 Å². The second-order valence-corrected chi connectivity index (χ2v) is 6.96. The van der Waals surface area contributed by atoms with Crippen LogP contribution in [-0.2, 0) is 9.53 Å². The van der Waals surface area contributed by atoms with Crippen molar-refractivity contribution < 1.29 is 24.1 Å². The third-order valence-electron chi connectivity index (χ3n) is 4.52. The van der Waals surface area contributed by atoms with Crippen molar-refractivity contribution >= 4 is 28.7 Å². The van der Waals surface area contributed by atoms with Crippen molar-refractivity contribution in [2.24, 2.45) is 0 Å². The summed E-state index contributed by atoms with van der Waals surface area (Å²) in [5, 5.41) is 19.7. The van der Waals surface area contributed by atoms with Gasteiger partial charge < -0.3 is 24.3 Å². The zero-order valence-electron chi connectivity index (χ0n) is 18.5. The lowest BCUT2D eigenvalue weighted by Crippen LogP contribution is -2.06. The van der Waals surface area contributed by atoms with Crippen molar-refractivity contribution in [3.63, 3.8) is 0 Å². The number of nitrogens with one attached hydrogen (secondary N) is 1. The van der Waals surface area contributed by atoms with E-state index in [2.05, 4.69) is 9.97 Å². The van der Waals surface area contributed by atoms with Crippen LogP contribution in [0.25, 0.3) is 22.7 Å². The van der Waals surface area contributed by atoms with Gasteiger partial charge in [-0.2, -0.15) is 5.26 Å². The number of para-hydroxylation sites is 2. The van der Waals surface area contributed by atoms with E-state index in [1.54, 1.807) is 30.3 Å². The first-order valence-electron chi connectivity index (χ1n) is 10.6. The standard InChI is InChI=1S/C25H25N3O5/c1-3-13-32-22-11-9-17(14-23(22)31-4-2)10-12-24(30)33-16-21(29)18(15-26)25-27-19-7-5-6-8-20(19)28-25/h5-12,14,29H,3-4,13,16H2,1-2H3,(H,27,28). The number of aromatic nitrogens is 2. The number of aromatic amines is 1. The molecule has 0 unspecified atom stereocenters. The van der Waals surface area contributed by atoms with Crippen molar-refractivity contribution in [2.75, 3.05) is 19.8 Å². The molecule has 0 saturated heterocycles. The van der Waals surface area contributed by atoms with Crippen molar-refractivity contribution in [3.05, 3.63) is 65.7 Å². The Morgan fingerprint density at radius 2 is 2.00 bits per heavy atom. The Morgan fingerprint density at radius 3 is 2.73 bits per heavy atom. The van der Waals surface area contributed by atoms with E-state index in [4.69, 9.17) is 14.2 Å². The molecule has 1 heterocycles. The number of fused-ring (bicyclic) bond motifs is 1. The number of allylic oxidation sites excluding steroid dienone is 1. The summed E-state index contributed by atoms with van der Waals surface area (Å²) in [5.41, 5.74) is 2.02. The molecule has 1 aromatic heterocycles. The van der Waals surface area contributed by atoms with Gasteiger partial charge in [0, 0.05) is 6.08 Å². The maximum Gasteiger partial charge on any atom is 0.331 e. The lowest BCUT2D eigenvalue weighted by atomic mass is 10.2. The zero-order chi connectivity index (χ0) is 23.6. The lowest BCUT2D eigenvalue weighted by Gasteiger charge is -2.12. The lowest BCUT2D eigenvalue weighted by molar-refractivity contribution is -0.137. The molecule has 0 radical (unpaired) electrons. The molecule has 33 heavy (non-hydrogen) atoms. The fourth-order valence-corrected chi connectivity index (χ4v) is 2.98. The van der Waals surface area contributed by atoms with E-state index in [9.17, 15) is 15.2 Å². The Kier molecular flexibility index (Phi) is 8.08. The molecule has 8 nitrogen and oxygen atoms in total. The second-order valence-electron chi connectivity index (χ2n) is 6.96. The van der Waals surface area contributed by atoms with Crippen LogP contribution in [0.5, 0.6) is 11.5 Å². The molecule has 2 aromatic carbocycles. The van der Waals surface area contributed by atoms with Crippen LogP contribution in [0, 0.1) is 11.3 Å². The molecule has 0 spiro atoms. The van der Waals surface area contributed by atoms with E-state index in [1.807, 2.05) is 38.1 Å². The first-order chi connectivity index (χ1) is 16.0. The van der Waals surface area contributed by atoms with Crippen molar-refractivity contribution in [1.29, 1.82) is 5.26 Å². The number of aliphatic hydroxyl groups is 1. The van der Waals surface area contributed by atoms with E-state index in [1.165, 1.54) is 6.08 Å². The van der Waals surface area contributed by atoms with Gasteiger partial charge in [0.05, 0.1) is 24.2 Å². The highest BCUT2D eigenvalue weighted by Crippen LogP contribution is 2.29. The van der Waals surface area contributed by atoms with Crippen molar-refractivity contribution in [1.82, 2.24) is 9.97 Å².